The Bertz CT molecular complexity index is 1190. The fourth-order valence-corrected chi connectivity index (χ4v) is 4.73. The standard InChI is InChI=1S/C21H21F6N7O2/c1-11-28-18(36-32-11)33-8-12-2-3-13(9-33)16(12)29-17-30-19(34(31-17)10-20(22,23)24)35-15-6-4-14(5-7-15)21(25,26)27/h4-7,12-13,16H,2-3,8-10H2,1H3,(H,29,31). The number of aromatic nitrogens is 5. The minimum atomic E-state index is -4.62. The third-order valence-corrected chi connectivity index (χ3v) is 6.27. The van der Waals surface area contributed by atoms with Crippen LogP contribution in [0.1, 0.15) is 24.2 Å². The van der Waals surface area contributed by atoms with E-state index in [-0.39, 0.29) is 29.6 Å². The quantitative estimate of drug-likeness (QED) is 0.472. The van der Waals surface area contributed by atoms with E-state index in [0.717, 1.165) is 37.1 Å². The van der Waals surface area contributed by atoms with E-state index in [4.69, 9.17) is 9.26 Å². The summed E-state index contributed by atoms with van der Waals surface area (Å²) < 4.78 is 89.0. The van der Waals surface area contributed by atoms with Gasteiger partial charge in [0.1, 0.15) is 12.3 Å². The number of anilines is 2. The number of nitrogens with one attached hydrogen (secondary N) is 1. The summed E-state index contributed by atoms with van der Waals surface area (Å²) in [5.41, 5.74) is -0.911. The van der Waals surface area contributed by atoms with Crippen LogP contribution in [0.15, 0.2) is 28.8 Å². The van der Waals surface area contributed by atoms with Crippen molar-refractivity contribution >= 4 is 12.0 Å². The highest BCUT2D eigenvalue weighted by Crippen LogP contribution is 2.40. The van der Waals surface area contributed by atoms with Crippen molar-refractivity contribution in [3.8, 4) is 11.8 Å². The van der Waals surface area contributed by atoms with Crippen LogP contribution in [-0.4, -0.2) is 50.2 Å². The number of hydrogen-bond donors (Lipinski definition) is 1. The van der Waals surface area contributed by atoms with E-state index in [2.05, 4.69) is 25.5 Å². The molecule has 0 radical (unpaired) electrons. The molecular formula is C21H21F6N7O2. The summed E-state index contributed by atoms with van der Waals surface area (Å²) in [6.45, 7) is 1.49. The van der Waals surface area contributed by atoms with Crippen molar-refractivity contribution in [1.82, 2.24) is 24.9 Å². The molecule has 1 aliphatic heterocycles. The van der Waals surface area contributed by atoms with Crippen LogP contribution in [0.3, 0.4) is 0 Å². The number of hydrogen-bond acceptors (Lipinski definition) is 8. The van der Waals surface area contributed by atoms with Gasteiger partial charge in [0.2, 0.25) is 5.95 Å². The van der Waals surface area contributed by atoms with Gasteiger partial charge in [-0.2, -0.15) is 36.3 Å². The van der Waals surface area contributed by atoms with Gasteiger partial charge in [0.25, 0.3) is 0 Å². The molecule has 194 valence electrons. The molecule has 1 aliphatic carbocycles. The number of halogens is 6. The topological polar surface area (TPSA) is 94.1 Å². The smallest absolute Gasteiger partial charge is 0.416 e. The summed E-state index contributed by atoms with van der Waals surface area (Å²) >= 11 is 0. The van der Waals surface area contributed by atoms with Crippen LogP contribution in [0.5, 0.6) is 11.8 Å². The molecular weight excluding hydrogens is 496 g/mol. The molecule has 3 heterocycles. The zero-order valence-corrected chi connectivity index (χ0v) is 18.8. The second-order valence-electron chi connectivity index (χ2n) is 8.91. The van der Waals surface area contributed by atoms with Gasteiger partial charge in [0.05, 0.1) is 5.56 Å². The SMILES string of the molecule is Cc1noc(N2CC3CCC(C2)C3Nc2nc(Oc3ccc(C(F)(F)F)cc3)n(CC(F)(F)F)n2)n1. The molecule has 1 N–H and O–H groups in total. The molecule has 2 aromatic heterocycles. The first kappa shape index (κ1) is 24.2. The van der Waals surface area contributed by atoms with Crippen molar-refractivity contribution in [2.45, 2.75) is 44.7 Å². The predicted octanol–water partition coefficient (Wildman–Crippen LogP) is 4.67. The largest absolute Gasteiger partial charge is 0.424 e. The maximum atomic E-state index is 13.1. The Balaban J connectivity index is 1.33. The molecule has 1 saturated heterocycles. The van der Waals surface area contributed by atoms with Gasteiger partial charge in [-0.15, -0.1) is 5.10 Å². The number of piperidine rings is 1. The third kappa shape index (κ3) is 5.18. The maximum Gasteiger partial charge on any atom is 0.416 e. The van der Waals surface area contributed by atoms with E-state index in [0.29, 0.717) is 29.6 Å². The van der Waals surface area contributed by atoms with Gasteiger partial charge in [0.15, 0.2) is 5.82 Å². The minimum Gasteiger partial charge on any atom is -0.424 e. The highest BCUT2D eigenvalue weighted by atomic mass is 19.4. The molecule has 2 unspecified atom stereocenters. The highest BCUT2D eigenvalue weighted by Gasteiger charge is 2.44. The van der Waals surface area contributed by atoms with Gasteiger partial charge in [-0.1, -0.05) is 5.16 Å². The summed E-state index contributed by atoms with van der Waals surface area (Å²) in [5.74, 6) is 0.658. The van der Waals surface area contributed by atoms with Crippen LogP contribution in [0.25, 0.3) is 0 Å². The summed E-state index contributed by atoms with van der Waals surface area (Å²) in [6.07, 6.45) is -7.38. The fraction of sp³-hybridized carbons (Fsp3) is 0.524. The summed E-state index contributed by atoms with van der Waals surface area (Å²) in [4.78, 5) is 10.3. The Morgan fingerprint density at radius 1 is 1.03 bits per heavy atom. The van der Waals surface area contributed by atoms with Crippen molar-refractivity contribution in [3.05, 3.63) is 35.7 Å². The Morgan fingerprint density at radius 2 is 1.69 bits per heavy atom. The lowest BCUT2D eigenvalue weighted by atomic mass is 9.92. The maximum absolute atomic E-state index is 13.1. The van der Waals surface area contributed by atoms with Crippen LogP contribution in [0, 0.1) is 18.8 Å². The Kier molecular flexibility index (Phi) is 5.95. The van der Waals surface area contributed by atoms with Crippen molar-refractivity contribution in [3.63, 3.8) is 0 Å². The summed E-state index contributed by atoms with van der Waals surface area (Å²) in [6, 6.07) is 3.43. The number of fused-ring (bicyclic) bond motifs is 2. The molecule has 2 aliphatic rings. The van der Waals surface area contributed by atoms with Gasteiger partial charge < -0.3 is 19.5 Å². The number of ether oxygens (including phenoxy) is 1. The second kappa shape index (κ2) is 8.85. The van der Waals surface area contributed by atoms with Crippen LogP contribution in [-0.2, 0) is 12.7 Å². The number of rotatable bonds is 6. The number of benzene rings is 1. The molecule has 2 bridgehead atoms. The molecule has 9 nitrogen and oxygen atoms in total. The zero-order chi connectivity index (χ0) is 25.7. The van der Waals surface area contributed by atoms with Gasteiger partial charge in [-0.25, -0.2) is 4.68 Å². The summed E-state index contributed by atoms with van der Waals surface area (Å²) in [7, 11) is 0. The van der Waals surface area contributed by atoms with Crippen molar-refractivity contribution in [1.29, 1.82) is 0 Å². The van der Waals surface area contributed by atoms with Crippen LogP contribution in [0.4, 0.5) is 38.3 Å². The van der Waals surface area contributed by atoms with Crippen molar-refractivity contribution in [2.24, 2.45) is 11.8 Å². The van der Waals surface area contributed by atoms with Crippen LogP contribution >= 0.6 is 0 Å². The van der Waals surface area contributed by atoms with E-state index in [1.54, 1.807) is 6.92 Å². The first-order chi connectivity index (χ1) is 16.9. The molecule has 5 rings (SSSR count). The molecule has 36 heavy (non-hydrogen) atoms. The highest BCUT2D eigenvalue weighted by molar-refractivity contribution is 5.36. The first-order valence-corrected chi connectivity index (χ1v) is 11.1. The van der Waals surface area contributed by atoms with Crippen molar-refractivity contribution in [2.75, 3.05) is 23.3 Å². The van der Waals surface area contributed by atoms with Gasteiger partial charge in [-0.3, -0.25) is 0 Å². The first-order valence-electron chi connectivity index (χ1n) is 11.1. The number of aryl methyl sites for hydroxylation is 1. The monoisotopic (exact) mass is 517 g/mol. The van der Waals surface area contributed by atoms with Crippen molar-refractivity contribution < 1.29 is 35.6 Å². The van der Waals surface area contributed by atoms with Gasteiger partial charge in [0, 0.05) is 19.1 Å². The Morgan fingerprint density at radius 3 is 2.25 bits per heavy atom. The van der Waals surface area contributed by atoms with Crippen LogP contribution < -0.4 is 15.0 Å². The average molecular weight is 517 g/mol. The van der Waals surface area contributed by atoms with Crippen LogP contribution in [0.2, 0.25) is 0 Å². The molecule has 1 aromatic carbocycles. The lowest BCUT2D eigenvalue weighted by Crippen LogP contribution is -2.48. The second-order valence-corrected chi connectivity index (χ2v) is 8.91. The molecule has 2 atom stereocenters. The molecule has 15 heteroatoms. The lowest BCUT2D eigenvalue weighted by Gasteiger charge is -2.37. The average Bonchev–Trinajstić information content (AvgIpc) is 3.43. The van der Waals surface area contributed by atoms with E-state index in [1.165, 1.54) is 0 Å². The predicted molar refractivity (Wildman–Crippen MR) is 112 cm³/mol. The lowest BCUT2D eigenvalue weighted by molar-refractivity contribution is -0.143. The zero-order valence-electron chi connectivity index (χ0n) is 18.8. The number of nitrogens with zero attached hydrogens (tertiary/aromatic N) is 6. The van der Waals surface area contributed by atoms with E-state index in [9.17, 15) is 26.3 Å². The molecule has 3 aromatic rings. The minimum absolute atomic E-state index is 0.0508. The van der Waals surface area contributed by atoms with E-state index < -0.39 is 30.5 Å². The molecule has 0 amide bonds. The fourth-order valence-electron chi connectivity index (χ4n) is 4.73. The normalized spacial score (nSPS) is 22.2. The van der Waals surface area contributed by atoms with E-state index in [1.807, 2.05) is 4.90 Å². The third-order valence-electron chi connectivity index (χ3n) is 6.27. The molecule has 1 saturated carbocycles. The van der Waals surface area contributed by atoms with Gasteiger partial charge >= 0.3 is 24.4 Å². The Labute approximate surface area is 200 Å². The van der Waals surface area contributed by atoms with E-state index >= 15 is 0 Å². The molecule has 0 spiro atoms. The molecule has 2 fully saturated rings. The summed E-state index contributed by atoms with van der Waals surface area (Å²) in [5, 5.41) is 10.9. The number of alkyl halides is 6. The van der Waals surface area contributed by atoms with Gasteiger partial charge in [-0.05, 0) is 55.9 Å². The Hall–Kier alpha value is -3.52.